The average molecular weight is 216 g/mol. The highest BCUT2D eigenvalue weighted by Crippen LogP contribution is 2.54. The third-order valence-corrected chi connectivity index (χ3v) is 6.19. The van der Waals surface area contributed by atoms with E-state index in [2.05, 4.69) is 30.3 Å². The fourth-order valence-corrected chi connectivity index (χ4v) is 4.96. The van der Waals surface area contributed by atoms with Crippen LogP contribution in [0, 0.1) is 0 Å². The highest BCUT2D eigenvalue weighted by molar-refractivity contribution is 7.81. The lowest BCUT2D eigenvalue weighted by Gasteiger charge is -2.14. The molecule has 0 spiro atoms. The van der Waals surface area contributed by atoms with E-state index < -0.39 is 7.41 Å². The van der Waals surface area contributed by atoms with Crippen LogP contribution in [-0.4, -0.2) is 12.3 Å². The van der Waals surface area contributed by atoms with Gasteiger partial charge in [0.1, 0.15) is 12.7 Å². The van der Waals surface area contributed by atoms with Gasteiger partial charge in [0.25, 0.3) is 0 Å². The summed E-state index contributed by atoms with van der Waals surface area (Å²) in [6.45, 7) is 0. The number of rotatable bonds is 1. The Morgan fingerprint density at radius 1 is 1.00 bits per heavy atom. The van der Waals surface area contributed by atoms with E-state index in [9.17, 15) is 0 Å². The van der Waals surface area contributed by atoms with Gasteiger partial charge in [-0.1, -0.05) is 18.2 Å². The van der Waals surface area contributed by atoms with Gasteiger partial charge in [0, 0.05) is 0 Å². The molecular formula is C10H15ClNP. The minimum Gasteiger partial charge on any atom is -1.00 e. The van der Waals surface area contributed by atoms with E-state index >= 15 is 0 Å². The maximum atomic E-state index is 6.39. The summed E-state index contributed by atoms with van der Waals surface area (Å²) in [4.78, 5) is 0. The molecule has 1 heterocycles. The first-order valence-corrected chi connectivity index (χ1v) is 6.75. The summed E-state index contributed by atoms with van der Waals surface area (Å²) in [5.74, 6) is 0. The molecule has 2 rings (SSSR count). The number of halogens is 1. The minimum atomic E-state index is -1.17. The van der Waals surface area contributed by atoms with Gasteiger partial charge in [0.05, 0.1) is 12.3 Å². The van der Waals surface area contributed by atoms with E-state index in [-0.39, 0.29) is 12.4 Å². The van der Waals surface area contributed by atoms with Crippen molar-refractivity contribution in [3.8, 4) is 0 Å². The van der Waals surface area contributed by atoms with Gasteiger partial charge in [-0.3, -0.25) is 0 Å². The Bertz CT molecular complexity index is 257. The lowest BCUT2D eigenvalue weighted by atomic mass is 10.4. The molecule has 0 saturated carbocycles. The minimum absolute atomic E-state index is 0. The first-order valence-electron chi connectivity index (χ1n) is 4.52. The molecule has 2 N–H and O–H groups in total. The molecule has 1 aromatic rings. The smallest absolute Gasteiger partial charge is 0.111 e. The Balaban J connectivity index is 0.000000845. The van der Waals surface area contributed by atoms with Crippen molar-refractivity contribution in [1.82, 2.24) is 0 Å². The molecule has 0 aliphatic carbocycles. The molecular weight excluding hydrogens is 201 g/mol. The highest BCUT2D eigenvalue weighted by atomic mass is 35.5. The number of hydrogen-bond donors (Lipinski definition) is 1. The molecule has 0 atom stereocenters. The molecule has 3 heteroatoms. The zero-order valence-corrected chi connectivity index (χ0v) is 9.27. The second-order valence-corrected chi connectivity index (χ2v) is 7.00. The molecule has 0 radical (unpaired) electrons. The number of hydrogen-bond acceptors (Lipinski definition) is 1. The normalized spacial score (nSPS) is 19.5. The fraction of sp³-hybridized carbons (Fsp3) is 0.400. The molecule has 72 valence electrons. The van der Waals surface area contributed by atoms with E-state index in [0.717, 1.165) is 0 Å². The molecule has 13 heavy (non-hydrogen) atoms. The average Bonchev–Trinajstić information content (AvgIpc) is 2.55. The number of benzene rings is 1. The summed E-state index contributed by atoms with van der Waals surface area (Å²) in [7, 11) is -1.17. The fourth-order valence-electron chi connectivity index (χ4n) is 1.88. The monoisotopic (exact) mass is 215 g/mol. The number of nitrogens with two attached hydrogens (primary N) is 1. The van der Waals surface area contributed by atoms with Gasteiger partial charge in [0.2, 0.25) is 0 Å². The maximum Gasteiger partial charge on any atom is 0.111 e. The summed E-state index contributed by atoms with van der Waals surface area (Å²) < 4.78 is 0. The van der Waals surface area contributed by atoms with Gasteiger partial charge in [-0.05, 0) is 25.0 Å². The molecule has 0 amide bonds. The van der Waals surface area contributed by atoms with E-state index in [0.29, 0.717) is 0 Å². The third-order valence-electron chi connectivity index (χ3n) is 2.63. The van der Waals surface area contributed by atoms with Crippen molar-refractivity contribution in [2.45, 2.75) is 12.8 Å². The Morgan fingerprint density at radius 3 is 2.08 bits per heavy atom. The van der Waals surface area contributed by atoms with E-state index in [1.165, 1.54) is 30.5 Å². The summed E-state index contributed by atoms with van der Waals surface area (Å²) in [6.07, 6.45) is 5.19. The van der Waals surface area contributed by atoms with Crippen molar-refractivity contribution in [2.24, 2.45) is 5.50 Å². The summed E-state index contributed by atoms with van der Waals surface area (Å²) in [6, 6.07) is 10.6. The Morgan fingerprint density at radius 2 is 1.54 bits per heavy atom. The molecule has 1 fully saturated rings. The second kappa shape index (κ2) is 4.41. The molecule has 0 bridgehead atoms. The van der Waals surface area contributed by atoms with Crippen molar-refractivity contribution in [3.63, 3.8) is 0 Å². The van der Waals surface area contributed by atoms with Crippen LogP contribution in [0.15, 0.2) is 30.3 Å². The van der Waals surface area contributed by atoms with Crippen molar-refractivity contribution in [3.05, 3.63) is 30.3 Å². The van der Waals surface area contributed by atoms with Crippen LogP contribution in [0.5, 0.6) is 0 Å². The van der Waals surface area contributed by atoms with Crippen LogP contribution in [0.3, 0.4) is 0 Å². The van der Waals surface area contributed by atoms with Crippen molar-refractivity contribution in [2.75, 3.05) is 12.3 Å². The Kier molecular flexibility index (Phi) is 3.73. The Labute approximate surface area is 86.5 Å². The van der Waals surface area contributed by atoms with Crippen LogP contribution in [-0.2, 0) is 0 Å². The van der Waals surface area contributed by atoms with Gasteiger partial charge >= 0.3 is 0 Å². The zero-order valence-electron chi connectivity index (χ0n) is 7.62. The van der Waals surface area contributed by atoms with Crippen LogP contribution in [0.1, 0.15) is 12.8 Å². The predicted octanol–water partition coefficient (Wildman–Crippen LogP) is -0.999. The van der Waals surface area contributed by atoms with E-state index in [1.54, 1.807) is 0 Å². The molecule has 0 aromatic heterocycles. The standard InChI is InChI=1S/C10H15NP.ClH/c11-12(8-4-5-9-12)10-6-2-1-3-7-10;/h1-3,6-7H,4-5,8-9,11H2;1H/q+1;/p-1. The van der Waals surface area contributed by atoms with E-state index in [4.69, 9.17) is 5.50 Å². The van der Waals surface area contributed by atoms with Crippen LogP contribution < -0.4 is 23.2 Å². The van der Waals surface area contributed by atoms with Gasteiger partial charge < -0.3 is 12.4 Å². The van der Waals surface area contributed by atoms with Crippen LogP contribution in [0.2, 0.25) is 0 Å². The molecule has 1 aliphatic rings. The van der Waals surface area contributed by atoms with Crippen molar-refractivity contribution in [1.29, 1.82) is 0 Å². The maximum absolute atomic E-state index is 6.39. The lowest BCUT2D eigenvalue weighted by molar-refractivity contribution is -0.00000261. The quantitative estimate of drug-likeness (QED) is 0.598. The van der Waals surface area contributed by atoms with Gasteiger partial charge in [-0.2, -0.15) is 0 Å². The van der Waals surface area contributed by atoms with Crippen LogP contribution in [0.25, 0.3) is 0 Å². The third kappa shape index (κ3) is 2.22. The topological polar surface area (TPSA) is 26.0 Å². The molecule has 1 aliphatic heterocycles. The van der Waals surface area contributed by atoms with Crippen LogP contribution >= 0.6 is 7.41 Å². The highest BCUT2D eigenvalue weighted by Gasteiger charge is 2.38. The SMILES string of the molecule is N[P+]1(c2ccccc2)CCCC1.[Cl-]. The molecule has 1 saturated heterocycles. The van der Waals surface area contributed by atoms with Crippen molar-refractivity contribution < 1.29 is 12.4 Å². The predicted molar refractivity (Wildman–Crippen MR) is 56.2 cm³/mol. The van der Waals surface area contributed by atoms with Crippen LogP contribution in [0.4, 0.5) is 0 Å². The first-order chi connectivity index (χ1) is 5.81. The van der Waals surface area contributed by atoms with E-state index in [1.807, 2.05) is 0 Å². The summed E-state index contributed by atoms with van der Waals surface area (Å²) in [5, 5.41) is 1.42. The second-order valence-electron chi connectivity index (χ2n) is 3.52. The van der Waals surface area contributed by atoms with Gasteiger partial charge in [-0.25, -0.2) is 5.50 Å². The largest absolute Gasteiger partial charge is 1.00 e. The van der Waals surface area contributed by atoms with Crippen molar-refractivity contribution >= 4 is 12.7 Å². The first kappa shape index (κ1) is 11.0. The molecule has 1 aromatic carbocycles. The lowest BCUT2D eigenvalue weighted by Crippen LogP contribution is -3.00. The van der Waals surface area contributed by atoms with Gasteiger partial charge in [-0.15, -0.1) is 0 Å². The molecule has 1 nitrogen and oxygen atoms in total. The summed E-state index contributed by atoms with van der Waals surface area (Å²) in [5.41, 5.74) is 6.39. The Hall–Kier alpha value is -0.100. The zero-order chi connectivity index (χ0) is 8.44. The summed E-state index contributed by atoms with van der Waals surface area (Å²) >= 11 is 0. The van der Waals surface area contributed by atoms with Gasteiger partial charge in [0.15, 0.2) is 0 Å². The molecule has 0 unspecified atom stereocenters.